The molecule has 13 nitrogen and oxygen atoms in total. The van der Waals surface area contributed by atoms with E-state index in [0.717, 1.165) is 29.0 Å². The third kappa shape index (κ3) is 6.85. The van der Waals surface area contributed by atoms with Gasteiger partial charge in [0.15, 0.2) is 17.3 Å². The Morgan fingerprint density at radius 1 is 0.979 bits per heavy atom. The number of rotatable bonds is 8. The van der Waals surface area contributed by atoms with Crippen LogP contribution >= 0.6 is 0 Å². The van der Waals surface area contributed by atoms with Gasteiger partial charge in [-0.3, -0.25) is 19.0 Å². The molecule has 5 atom stereocenters. The van der Waals surface area contributed by atoms with Crippen molar-refractivity contribution in [1.82, 2.24) is 25.5 Å². The molecule has 0 unspecified atom stereocenters. The number of ether oxygens (including phenoxy) is 1. The van der Waals surface area contributed by atoms with Crippen molar-refractivity contribution in [2.45, 2.75) is 58.3 Å². The van der Waals surface area contributed by atoms with Crippen LogP contribution in [-0.2, 0) is 14.3 Å². The van der Waals surface area contributed by atoms with Crippen molar-refractivity contribution in [2.75, 3.05) is 18.0 Å². The van der Waals surface area contributed by atoms with Crippen molar-refractivity contribution >= 4 is 40.7 Å². The number of halogens is 3. The van der Waals surface area contributed by atoms with Crippen LogP contribution in [0.1, 0.15) is 45.0 Å². The van der Waals surface area contributed by atoms with Gasteiger partial charge in [0.2, 0.25) is 17.2 Å². The fourth-order valence-electron chi connectivity index (χ4n) is 5.61. The van der Waals surface area contributed by atoms with Crippen LogP contribution in [0.25, 0.3) is 16.7 Å². The molecule has 1 aliphatic heterocycles. The first-order valence-electron chi connectivity index (χ1n) is 14.7. The van der Waals surface area contributed by atoms with Crippen LogP contribution in [-0.4, -0.2) is 75.4 Å². The number of carboxylic acids is 1. The summed E-state index contributed by atoms with van der Waals surface area (Å²) in [7, 11) is 0. The second-order valence-corrected chi connectivity index (χ2v) is 12.7. The van der Waals surface area contributed by atoms with Gasteiger partial charge in [-0.1, -0.05) is 0 Å². The number of carbonyl (C=O) groups excluding carboxylic acids is 3. The number of carboxylic acid groups (broad SMARTS) is 1. The number of aromatic carboxylic acids is 1. The maximum atomic E-state index is 15.4. The molecule has 47 heavy (non-hydrogen) atoms. The van der Waals surface area contributed by atoms with E-state index in [0.29, 0.717) is 6.07 Å². The number of aromatic nitrogens is 2. The topological polar surface area (TPSA) is 172 Å². The van der Waals surface area contributed by atoms with E-state index in [1.807, 2.05) is 0 Å². The molecule has 2 fully saturated rings. The highest BCUT2D eigenvalue weighted by Gasteiger charge is 2.57. The number of amides is 3. The van der Waals surface area contributed by atoms with Crippen LogP contribution in [0.5, 0.6) is 0 Å². The van der Waals surface area contributed by atoms with Crippen molar-refractivity contribution in [3.05, 3.63) is 63.7 Å². The molecule has 3 amide bonds. The molecular formula is C31H33F3N6O7. The van der Waals surface area contributed by atoms with Gasteiger partial charge in [0.05, 0.1) is 11.1 Å². The Balaban J connectivity index is 1.27. The average molecular weight is 659 g/mol. The number of nitrogens with one attached hydrogen (secondary N) is 3. The Kier molecular flexibility index (Phi) is 8.64. The summed E-state index contributed by atoms with van der Waals surface area (Å²) in [6.45, 7) is 8.52. The monoisotopic (exact) mass is 658 g/mol. The maximum absolute atomic E-state index is 15.4. The Morgan fingerprint density at radius 2 is 1.62 bits per heavy atom. The highest BCUT2D eigenvalue weighted by Crippen LogP contribution is 2.47. The lowest BCUT2D eigenvalue weighted by molar-refractivity contribution is -0.129. The lowest BCUT2D eigenvalue weighted by Crippen LogP contribution is -2.53. The van der Waals surface area contributed by atoms with Crippen molar-refractivity contribution in [2.24, 2.45) is 11.8 Å². The second-order valence-electron chi connectivity index (χ2n) is 12.7. The first kappa shape index (κ1) is 33.2. The molecular weight excluding hydrogens is 625 g/mol. The van der Waals surface area contributed by atoms with E-state index < -0.39 is 75.4 Å². The number of nitrogens with zero attached hydrogens (tertiary/aromatic N) is 3. The summed E-state index contributed by atoms with van der Waals surface area (Å²) in [5.74, 6) is -5.84. The van der Waals surface area contributed by atoms with E-state index in [2.05, 4.69) is 20.9 Å². The Bertz CT molecular complexity index is 1850. The zero-order valence-corrected chi connectivity index (χ0v) is 26.1. The van der Waals surface area contributed by atoms with Gasteiger partial charge < -0.3 is 30.7 Å². The van der Waals surface area contributed by atoms with Gasteiger partial charge in [0, 0.05) is 43.2 Å². The zero-order valence-electron chi connectivity index (χ0n) is 26.1. The highest BCUT2D eigenvalue weighted by molar-refractivity contribution is 5.93. The maximum Gasteiger partial charge on any atom is 0.408 e. The summed E-state index contributed by atoms with van der Waals surface area (Å²) in [5, 5.41) is 16.9. The normalized spacial score (nSPS) is 19.8. The number of benzene rings is 1. The Hall–Kier alpha value is -5.15. The standard InChI is InChI=1S/C31H33F3N6O7/c1-13(35-27(42)14(2)36-30(46)47-31(3,4)5)28(43)37-23-17-10-39(11-18(17)23)26-21(34)9-16-24(41)19(29(44)45)12-40(25(16)38-26)22-7-6-15(32)8-20(22)33/h6-9,12-14,17-18,23H,10-11H2,1-5H3,(H,35,42)(H,36,46)(H,37,43)(H,44,45)/t13-,14-,17-,18+,23+/m0/s1. The van der Waals surface area contributed by atoms with Crippen LogP contribution in [0.15, 0.2) is 35.3 Å². The first-order valence-corrected chi connectivity index (χ1v) is 14.7. The van der Waals surface area contributed by atoms with Crippen LogP contribution in [0.4, 0.5) is 23.8 Å². The molecule has 250 valence electrons. The molecule has 1 aliphatic carbocycles. The number of alkyl carbamates (subject to hydrolysis) is 1. The minimum absolute atomic E-state index is 0.0855. The summed E-state index contributed by atoms with van der Waals surface area (Å²) in [6, 6.07) is 1.26. The number of piperidine rings is 1. The Morgan fingerprint density at radius 3 is 2.21 bits per heavy atom. The Labute approximate surface area is 266 Å². The number of carbonyl (C=O) groups is 4. The second kappa shape index (κ2) is 12.2. The van der Waals surface area contributed by atoms with Gasteiger partial charge in [-0.05, 0) is 52.8 Å². The molecule has 1 saturated heterocycles. The van der Waals surface area contributed by atoms with Gasteiger partial charge in [-0.15, -0.1) is 0 Å². The third-order valence-electron chi connectivity index (χ3n) is 7.99. The smallest absolute Gasteiger partial charge is 0.408 e. The molecule has 3 aromatic rings. The molecule has 0 bridgehead atoms. The lowest BCUT2D eigenvalue weighted by atomic mass is 10.1. The van der Waals surface area contributed by atoms with E-state index in [1.54, 1.807) is 25.7 Å². The van der Waals surface area contributed by atoms with E-state index in [1.165, 1.54) is 13.8 Å². The third-order valence-corrected chi connectivity index (χ3v) is 7.99. The van der Waals surface area contributed by atoms with Gasteiger partial charge in [-0.25, -0.2) is 27.7 Å². The first-order chi connectivity index (χ1) is 21.9. The van der Waals surface area contributed by atoms with Crippen LogP contribution in [0.2, 0.25) is 0 Å². The largest absolute Gasteiger partial charge is 0.477 e. The number of fused-ring (bicyclic) bond motifs is 2. The highest BCUT2D eigenvalue weighted by atomic mass is 19.1. The molecule has 1 aromatic carbocycles. The van der Waals surface area contributed by atoms with Gasteiger partial charge in [-0.2, -0.15) is 0 Å². The van der Waals surface area contributed by atoms with Crippen LogP contribution < -0.4 is 26.3 Å². The predicted octanol–water partition coefficient (Wildman–Crippen LogP) is 2.47. The molecule has 0 spiro atoms. The summed E-state index contributed by atoms with van der Waals surface area (Å²) >= 11 is 0. The van der Waals surface area contributed by atoms with Gasteiger partial charge >= 0.3 is 12.1 Å². The van der Waals surface area contributed by atoms with Crippen molar-refractivity contribution in [1.29, 1.82) is 0 Å². The van der Waals surface area contributed by atoms with Gasteiger partial charge in [0.1, 0.15) is 34.9 Å². The molecule has 16 heteroatoms. The minimum atomic E-state index is -1.62. The predicted molar refractivity (Wildman–Crippen MR) is 162 cm³/mol. The van der Waals surface area contributed by atoms with E-state index in [-0.39, 0.29) is 48.1 Å². The molecule has 2 aromatic heterocycles. The minimum Gasteiger partial charge on any atom is -0.477 e. The molecule has 5 rings (SSSR count). The molecule has 4 N–H and O–H groups in total. The fraction of sp³-hybridized carbons (Fsp3) is 0.419. The van der Waals surface area contributed by atoms with Gasteiger partial charge in [0.25, 0.3) is 0 Å². The molecule has 0 radical (unpaired) electrons. The quantitative estimate of drug-likeness (QED) is 0.284. The van der Waals surface area contributed by atoms with E-state index >= 15 is 4.39 Å². The molecule has 1 saturated carbocycles. The molecule has 2 aliphatic rings. The van der Waals surface area contributed by atoms with Crippen molar-refractivity contribution < 1.29 is 42.2 Å². The van der Waals surface area contributed by atoms with E-state index in [4.69, 9.17) is 4.74 Å². The number of anilines is 1. The zero-order chi connectivity index (χ0) is 34.5. The van der Waals surface area contributed by atoms with Crippen molar-refractivity contribution in [3.63, 3.8) is 0 Å². The van der Waals surface area contributed by atoms with Crippen molar-refractivity contribution in [3.8, 4) is 5.69 Å². The van der Waals surface area contributed by atoms with Crippen LogP contribution in [0, 0.1) is 29.3 Å². The number of hydrogen-bond donors (Lipinski definition) is 4. The van der Waals surface area contributed by atoms with E-state index in [9.17, 15) is 37.9 Å². The molecule has 3 heterocycles. The number of hydrogen-bond acceptors (Lipinski definition) is 8. The SMILES string of the molecule is C[C@H](NC(=O)OC(C)(C)C)C(=O)N[C@@H](C)C(=O)N[C@H]1[C@@H]2CN(c3nc4c(cc3F)c(=O)c(C(=O)O)cn4-c3ccc(F)cc3F)C[C@@H]21. The summed E-state index contributed by atoms with van der Waals surface area (Å²) < 4.78 is 49.9. The average Bonchev–Trinajstić information content (AvgIpc) is 3.38. The lowest BCUT2D eigenvalue weighted by Gasteiger charge is -2.24. The number of pyridine rings is 2. The summed E-state index contributed by atoms with van der Waals surface area (Å²) in [5.41, 5.74) is -3.05. The van der Waals surface area contributed by atoms with Crippen LogP contribution in [0.3, 0.4) is 0 Å². The summed E-state index contributed by atoms with van der Waals surface area (Å²) in [6.07, 6.45) is 0.0835. The summed E-state index contributed by atoms with van der Waals surface area (Å²) in [4.78, 5) is 67.8. The fourth-order valence-corrected chi connectivity index (χ4v) is 5.61.